The Morgan fingerprint density at radius 3 is 2.76 bits per heavy atom. The summed E-state index contributed by atoms with van der Waals surface area (Å²) in [5.41, 5.74) is 6.96. The number of halogens is 1. The number of rotatable bonds is 5. The molecule has 0 radical (unpaired) electrons. The molecule has 0 saturated heterocycles. The van der Waals surface area contributed by atoms with E-state index in [1.165, 1.54) is 25.7 Å². The molecule has 2 N–H and O–H groups in total. The molecule has 0 aromatic heterocycles. The Morgan fingerprint density at radius 2 is 2.24 bits per heavy atom. The predicted molar refractivity (Wildman–Crippen MR) is 74.2 cm³/mol. The summed E-state index contributed by atoms with van der Waals surface area (Å²) < 4.78 is 6.79. The Labute approximate surface area is 112 Å². The lowest BCUT2D eigenvalue weighted by molar-refractivity contribution is 0.221. The van der Waals surface area contributed by atoms with Crippen molar-refractivity contribution in [2.45, 2.75) is 38.6 Å². The molecule has 17 heavy (non-hydrogen) atoms. The molecule has 0 bridgehead atoms. The van der Waals surface area contributed by atoms with Gasteiger partial charge in [0.1, 0.15) is 5.75 Å². The summed E-state index contributed by atoms with van der Waals surface area (Å²) in [7, 11) is 0. The van der Waals surface area contributed by atoms with Crippen LogP contribution in [0.3, 0.4) is 0 Å². The number of nitrogens with two attached hydrogens (primary N) is 1. The summed E-state index contributed by atoms with van der Waals surface area (Å²) >= 11 is 3.53. The molecule has 1 atom stereocenters. The molecule has 1 aromatic carbocycles. The van der Waals surface area contributed by atoms with Crippen LogP contribution < -0.4 is 10.5 Å². The molecule has 3 heteroatoms. The third-order valence-electron chi connectivity index (χ3n) is 3.49. The second-order valence-corrected chi connectivity index (χ2v) is 5.77. The molecule has 1 saturated carbocycles. The van der Waals surface area contributed by atoms with Gasteiger partial charge in [0.2, 0.25) is 0 Å². The SMILES string of the molecule is C[C@@H](N)c1ccc(OCCC2CCC2)c(Br)c1. The Kier molecular flexibility index (Phi) is 4.46. The van der Waals surface area contributed by atoms with Crippen molar-refractivity contribution in [1.82, 2.24) is 0 Å². The summed E-state index contributed by atoms with van der Waals surface area (Å²) in [5.74, 6) is 1.82. The van der Waals surface area contributed by atoms with Gasteiger partial charge in [0.15, 0.2) is 0 Å². The van der Waals surface area contributed by atoms with Gasteiger partial charge in [0.25, 0.3) is 0 Å². The van der Waals surface area contributed by atoms with Gasteiger partial charge in [-0.05, 0) is 52.9 Å². The highest BCUT2D eigenvalue weighted by molar-refractivity contribution is 9.10. The van der Waals surface area contributed by atoms with Crippen LogP contribution in [0.4, 0.5) is 0 Å². The van der Waals surface area contributed by atoms with E-state index in [1.54, 1.807) is 0 Å². The molecule has 2 nitrogen and oxygen atoms in total. The summed E-state index contributed by atoms with van der Waals surface area (Å²) in [6.45, 7) is 2.81. The summed E-state index contributed by atoms with van der Waals surface area (Å²) in [6.07, 6.45) is 5.35. The predicted octanol–water partition coefficient (Wildman–Crippen LogP) is 4.04. The van der Waals surface area contributed by atoms with Gasteiger partial charge in [-0.1, -0.05) is 25.3 Å². The number of benzene rings is 1. The van der Waals surface area contributed by atoms with Gasteiger partial charge in [0.05, 0.1) is 11.1 Å². The number of hydrogen-bond donors (Lipinski definition) is 1. The molecular weight excluding hydrogens is 278 g/mol. The topological polar surface area (TPSA) is 35.2 Å². The van der Waals surface area contributed by atoms with Crippen LogP contribution in [0.25, 0.3) is 0 Å². The summed E-state index contributed by atoms with van der Waals surface area (Å²) in [6, 6.07) is 6.15. The Bertz CT molecular complexity index is 374. The van der Waals surface area contributed by atoms with E-state index in [4.69, 9.17) is 10.5 Å². The highest BCUT2D eigenvalue weighted by Crippen LogP contribution is 2.31. The average Bonchev–Trinajstić information content (AvgIpc) is 2.23. The van der Waals surface area contributed by atoms with Crippen LogP contribution in [-0.2, 0) is 0 Å². The van der Waals surface area contributed by atoms with E-state index in [1.807, 2.05) is 25.1 Å². The van der Waals surface area contributed by atoms with Crippen LogP contribution in [0.1, 0.15) is 44.2 Å². The standard InChI is InChI=1S/C14H20BrNO/c1-10(16)12-5-6-14(13(15)9-12)17-8-7-11-3-2-4-11/h5-6,9-11H,2-4,7-8,16H2,1H3/t10-/m1/s1. The van der Waals surface area contributed by atoms with Crippen molar-refractivity contribution in [1.29, 1.82) is 0 Å². The second-order valence-electron chi connectivity index (χ2n) is 4.91. The summed E-state index contributed by atoms with van der Waals surface area (Å²) in [4.78, 5) is 0. The van der Waals surface area contributed by atoms with E-state index in [9.17, 15) is 0 Å². The van der Waals surface area contributed by atoms with Crippen molar-refractivity contribution in [3.8, 4) is 5.75 Å². The first-order valence-electron chi connectivity index (χ1n) is 6.34. The van der Waals surface area contributed by atoms with Gasteiger partial charge in [-0.15, -0.1) is 0 Å². The summed E-state index contributed by atoms with van der Waals surface area (Å²) in [5, 5.41) is 0. The minimum absolute atomic E-state index is 0.0651. The molecule has 94 valence electrons. The minimum Gasteiger partial charge on any atom is -0.492 e. The van der Waals surface area contributed by atoms with Gasteiger partial charge in [0, 0.05) is 6.04 Å². The van der Waals surface area contributed by atoms with Gasteiger partial charge in [-0.25, -0.2) is 0 Å². The molecule has 1 aliphatic carbocycles. The molecule has 0 amide bonds. The Balaban J connectivity index is 1.87. The first-order valence-corrected chi connectivity index (χ1v) is 7.14. The maximum Gasteiger partial charge on any atom is 0.133 e. The Morgan fingerprint density at radius 1 is 1.47 bits per heavy atom. The van der Waals surface area contributed by atoms with Crippen molar-refractivity contribution in [2.24, 2.45) is 11.7 Å². The fraction of sp³-hybridized carbons (Fsp3) is 0.571. The lowest BCUT2D eigenvalue weighted by Crippen LogP contribution is -2.14. The zero-order chi connectivity index (χ0) is 12.3. The quantitative estimate of drug-likeness (QED) is 0.890. The van der Waals surface area contributed by atoms with Gasteiger partial charge in [-0.2, -0.15) is 0 Å². The van der Waals surface area contributed by atoms with Gasteiger partial charge in [-0.3, -0.25) is 0 Å². The lowest BCUT2D eigenvalue weighted by atomic mass is 9.83. The molecule has 1 aliphatic rings. The Hall–Kier alpha value is -0.540. The first kappa shape index (κ1) is 12.9. The van der Waals surface area contributed by atoms with Crippen LogP contribution in [0.5, 0.6) is 5.75 Å². The van der Waals surface area contributed by atoms with Gasteiger partial charge < -0.3 is 10.5 Å². The van der Waals surface area contributed by atoms with E-state index in [2.05, 4.69) is 15.9 Å². The maximum atomic E-state index is 5.84. The monoisotopic (exact) mass is 297 g/mol. The van der Waals surface area contributed by atoms with Crippen molar-refractivity contribution in [3.05, 3.63) is 28.2 Å². The molecule has 2 rings (SSSR count). The molecule has 1 aromatic rings. The molecule has 0 aliphatic heterocycles. The third kappa shape index (κ3) is 3.46. The van der Waals surface area contributed by atoms with Crippen LogP contribution in [-0.4, -0.2) is 6.61 Å². The van der Waals surface area contributed by atoms with Crippen molar-refractivity contribution in [3.63, 3.8) is 0 Å². The van der Waals surface area contributed by atoms with Crippen LogP contribution in [0, 0.1) is 5.92 Å². The van der Waals surface area contributed by atoms with Crippen molar-refractivity contribution in [2.75, 3.05) is 6.61 Å². The van der Waals surface area contributed by atoms with Crippen LogP contribution in [0.15, 0.2) is 22.7 Å². The van der Waals surface area contributed by atoms with E-state index in [-0.39, 0.29) is 6.04 Å². The number of hydrogen-bond acceptors (Lipinski definition) is 2. The minimum atomic E-state index is 0.0651. The van der Waals surface area contributed by atoms with Gasteiger partial charge >= 0.3 is 0 Å². The zero-order valence-electron chi connectivity index (χ0n) is 10.3. The molecule has 0 unspecified atom stereocenters. The average molecular weight is 298 g/mol. The molecular formula is C14H20BrNO. The van der Waals surface area contributed by atoms with E-state index >= 15 is 0 Å². The fourth-order valence-electron chi connectivity index (χ4n) is 2.03. The normalized spacial score (nSPS) is 17.6. The van der Waals surface area contributed by atoms with E-state index < -0.39 is 0 Å². The smallest absolute Gasteiger partial charge is 0.133 e. The lowest BCUT2D eigenvalue weighted by Gasteiger charge is -2.25. The second kappa shape index (κ2) is 5.87. The highest BCUT2D eigenvalue weighted by atomic mass is 79.9. The fourth-order valence-corrected chi connectivity index (χ4v) is 2.55. The van der Waals surface area contributed by atoms with Crippen LogP contribution >= 0.6 is 15.9 Å². The van der Waals surface area contributed by atoms with Crippen molar-refractivity contribution < 1.29 is 4.74 Å². The largest absolute Gasteiger partial charge is 0.492 e. The molecule has 0 spiro atoms. The zero-order valence-corrected chi connectivity index (χ0v) is 11.9. The molecule has 0 heterocycles. The van der Waals surface area contributed by atoms with E-state index in [0.29, 0.717) is 0 Å². The molecule has 1 fully saturated rings. The van der Waals surface area contributed by atoms with Crippen molar-refractivity contribution >= 4 is 15.9 Å². The van der Waals surface area contributed by atoms with E-state index in [0.717, 1.165) is 28.3 Å². The highest BCUT2D eigenvalue weighted by Gasteiger charge is 2.17. The number of ether oxygens (including phenoxy) is 1. The first-order chi connectivity index (χ1) is 8.16. The van der Waals surface area contributed by atoms with Crippen LogP contribution in [0.2, 0.25) is 0 Å². The third-order valence-corrected chi connectivity index (χ3v) is 4.11. The maximum absolute atomic E-state index is 5.84.